The lowest BCUT2D eigenvalue weighted by molar-refractivity contribution is -0.0635. The number of hydrogen-bond acceptors (Lipinski definition) is 3. The Morgan fingerprint density at radius 2 is 1.24 bits per heavy atom. The Labute approximate surface area is 105 Å². The standard InChI is InChI=1S/C14H27N3/c15-1-3-17(4-2-16)14-12-6-10-5-11(8-12)9-13(14)7-10/h10-14H,1-9,15-16H2. The summed E-state index contributed by atoms with van der Waals surface area (Å²) in [5.74, 6) is 4.05. The van der Waals surface area contributed by atoms with Crippen molar-refractivity contribution in [2.45, 2.75) is 38.1 Å². The van der Waals surface area contributed by atoms with Crippen LogP contribution in [0.15, 0.2) is 0 Å². The van der Waals surface area contributed by atoms with E-state index in [1.807, 2.05) is 0 Å². The lowest BCUT2D eigenvalue weighted by Gasteiger charge is -2.57. The lowest BCUT2D eigenvalue weighted by atomic mass is 9.54. The van der Waals surface area contributed by atoms with Crippen molar-refractivity contribution < 1.29 is 0 Å². The summed E-state index contributed by atoms with van der Waals surface area (Å²) in [6, 6.07) is 0.815. The van der Waals surface area contributed by atoms with Crippen LogP contribution in [0.3, 0.4) is 0 Å². The Kier molecular flexibility index (Phi) is 3.42. The van der Waals surface area contributed by atoms with E-state index in [0.29, 0.717) is 0 Å². The van der Waals surface area contributed by atoms with Gasteiger partial charge in [-0.1, -0.05) is 0 Å². The summed E-state index contributed by atoms with van der Waals surface area (Å²) in [4.78, 5) is 2.62. The second-order valence-corrected chi connectivity index (χ2v) is 6.53. The zero-order chi connectivity index (χ0) is 11.8. The van der Waals surface area contributed by atoms with Crippen LogP contribution in [-0.4, -0.2) is 37.1 Å². The molecular weight excluding hydrogens is 210 g/mol. The van der Waals surface area contributed by atoms with Gasteiger partial charge in [-0.05, 0) is 55.8 Å². The van der Waals surface area contributed by atoms with E-state index < -0.39 is 0 Å². The van der Waals surface area contributed by atoms with Gasteiger partial charge in [-0.25, -0.2) is 0 Å². The molecule has 4 N–H and O–H groups in total. The van der Waals surface area contributed by atoms with E-state index in [2.05, 4.69) is 4.90 Å². The van der Waals surface area contributed by atoms with Crippen molar-refractivity contribution in [3.63, 3.8) is 0 Å². The molecule has 0 atom stereocenters. The number of hydrogen-bond donors (Lipinski definition) is 2. The van der Waals surface area contributed by atoms with E-state index in [4.69, 9.17) is 11.5 Å². The van der Waals surface area contributed by atoms with Gasteiger partial charge in [-0.15, -0.1) is 0 Å². The molecule has 4 aliphatic carbocycles. The highest BCUT2D eigenvalue weighted by atomic mass is 15.2. The molecule has 0 aromatic carbocycles. The molecule has 3 nitrogen and oxygen atoms in total. The fraction of sp³-hybridized carbons (Fsp3) is 1.00. The Morgan fingerprint density at radius 1 is 0.765 bits per heavy atom. The topological polar surface area (TPSA) is 55.3 Å². The van der Waals surface area contributed by atoms with Gasteiger partial charge in [0.15, 0.2) is 0 Å². The van der Waals surface area contributed by atoms with E-state index >= 15 is 0 Å². The molecule has 3 heteroatoms. The lowest BCUT2D eigenvalue weighted by Crippen LogP contribution is -2.57. The molecule has 4 fully saturated rings. The molecule has 0 aromatic heterocycles. The van der Waals surface area contributed by atoms with E-state index in [-0.39, 0.29) is 0 Å². The summed E-state index contributed by atoms with van der Waals surface area (Å²) in [7, 11) is 0. The van der Waals surface area contributed by atoms with E-state index in [1.165, 1.54) is 32.1 Å². The highest BCUT2D eigenvalue weighted by Crippen LogP contribution is 2.55. The van der Waals surface area contributed by atoms with Crippen molar-refractivity contribution in [1.82, 2.24) is 4.90 Å². The SMILES string of the molecule is NCCN(CCN)C1C2CC3CC(C2)CC1C3. The molecule has 0 amide bonds. The second-order valence-electron chi connectivity index (χ2n) is 6.53. The predicted octanol–water partition coefficient (Wildman–Crippen LogP) is 1.03. The van der Waals surface area contributed by atoms with Crippen LogP contribution in [-0.2, 0) is 0 Å². The highest BCUT2D eigenvalue weighted by Gasteiger charge is 2.49. The maximum Gasteiger partial charge on any atom is 0.0153 e. The summed E-state index contributed by atoms with van der Waals surface area (Å²) in [5.41, 5.74) is 11.5. The van der Waals surface area contributed by atoms with Gasteiger partial charge in [-0.2, -0.15) is 0 Å². The van der Waals surface area contributed by atoms with Crippen molar-refractivity contribution in [2.75, 3.05) is 26.2 Å². The molecule has 4 aliphatic rings. The first-order chi connectivity index (χ1) is 8.31. The van der Waals surface area contributed by atoms with Crippen LogP contribution in [0.2, 0.25) is 0 Å². The Hall–Kier alpha value is -0.120. The van der Waals surface area contributed by atoms with Crippen LogP contribution in [0.25, 0.3) is 0 Å². The second kappa shape index (κ2) is 4.87. The van der Waals surface area contributed by atoms with E-state index in [1.54, 1.807) is 0 Å². The summed E-state index contributed by atoms with van der Waals surface area (Å²) >= 11 is 0. The Bertz CT molecular complexity index is 232. The molecule has 17 heavy (non-hydrogen) atoms. The highest BCUT2D eigenvalue weighted by molar-refractivity contribution is 5.02. The van der Waals surface area contributed by atoms with Crippen LogP contribution in [0.4, 0.5) is 0 Å². The molecule has 0 heterocycles. The van der Waals surface area contributed by atoms with Crippen molar-refractivity contribution in [3.8, 4) is 0 Å². The third-order valence-electron chi connectivity index (χ3n) is 5.43. The first-order valence-electron chi connectivity index (χ1n) is 7.46. The monoisotopic (exact) mass is 237 g/mol. The molecule has 0 saturated heterocycles. The van der Waals surface area contributed by atoms with Gasteiger partial charge in [-0.3, -0.25) is 4.90 Å². The van der Waals surface area contributed by atoms with Gasteiger partial charge >= 0.3 is 0 Å². The first kappa shape index (κ1) is 11.9. The van der Waals surface area contributed by atoms with Gasteiger partial charge in [0.1, 0.15) is 0 Å². The normalized spacial score (nSPS) is 43.6. The smallest absolute Gasteiger partial charge is 0.0153 e. The van der Waals surface area contributed by atoms with Crippen molar-refractivity contribution in [3.05, 3.63) is 0 Å². The van der Waals surface area contributed by atoms with Crippen molar-refractivity contribution >= 4 is 0 Å². The third kappa shape index (κ3) is 2.13. The number of rotatable bonds is 5. The minimum Gasteiger partial charge on any atom is -0.329 e. The Balaban J connectivity index is 1.73. The predicted molar refractivity (Wildman–Crippen MR) is 70.5 cm³/mol. The molecular formula is C14H27N3. The average molecular weight is 237 g/mol. The number of nitrogens with zero attached hydrogens (tertiary/aromatic N) is 1. The maximum atomic E-state index is 5.77. The Morgan fingerprint density at radius 3 is 1.65 bits per heavy atom. The third-order valence-corrected chi connectivity index (χ3v) is 5.43. The van der Waals surface area contributed by atoms with Crippen LogP contribution >= 0.6 is 0 Å². The molecule has 4 rings (SSSR count). The average Bonchev–Trinajstić information content (AvgIpc) is 2.28. The van der Waals surface area contributed by atoms with Crippen LogP contribution in [0.5, 0.6) is 0 Å². The van der Waals surface area contributed by atoms with Crippen molar-refractivity contribution in [2.24, 2.45) is 35.1 Å². The van der Waals surface area contributed by atoms with Gasteiger partial charge in [0.05, 0.1) is 0 Å². The first-order valence-corrected chi connectivity index (χ1v) is 7.46. The summed E-state index contributed by atoms with van der Waals surface area (Å²) < 4.78 is 0. The van der Waals surface area contributed by atoms with Crippen LogP contribution in [0.1, 0.15) is 32.1 Å². The largest absolute Gasteiger partial charge is 0.329 e. The summed E-state index contributed by atoms with van der Waals surface area (Å²) in [6.45, 7) is 3.65. The number of nitrogens with two attached hydrogens (primary N) is 2. The fourth-order valence-corrected chi connectivity index (χ4v) is 5.23. The molecule has 0 spiro atoms. The zero-order valence-corrected chi connectivity index (χ0v) is 10.9. The van der Waals surface area contributed by atoms with E-state index in [0.717, 1.165) is 55.9 Å². The summed E-state index contributed by atoms with van der Waals surface area (Å²) in [5, 5.41) is 0. The molecule has 0 unspecified atom stereocenters. The maximum absolute atomic E-state index is 5.77. The van der Waals surface area contributed by atoms with Gasteiger partial charge < -0.3 is 11.5 Å². The van der Waals surface area contributed by atoms with Crippen molar-refractivity contribution in [1.29, 1.82) is 0 Å². The molecule has 0 aromatic rings. The molecule has 0 aliphatic heterocycles. The van der Waals surface area contributed by atoms with Gasteiger partial charge in [0.25, 0.3) is 0 Å². The van der Waals surface area contributed by atoms with Gasteiger partial charge in [0, 0.05) is 32.2 Å². The van der Waals surface area contributed by atoms with Crippen LogP contribution in [0, 0.1) is 23.7 Å². The molecule has 4 saturated carbocycles. The van der Waals surface area contributed by atoms with E-state index in [9.17, 15) is 0 Å². The molecule has 98 valence electrons. The van der Waals surface area contributed by atoms with Gasteiger partial charge in [0.2, 0.25) is 0 Å². The molecule has 0 radical (unpaired) electrons. The fourth-order valence-electron chi connectivity index (χ4n) is 5.23. The minimum atomic E-state index is 0.781. The summed E-state index contributed by atoms with van der Waals surface area (Å²) in [6.07, 6.45) is 7.49. The zero-order valence-electron chi connectivity index (χ0n) is 10.9. The quantitative estimate of drug-likeness (QED) is 0.751. The van der Waals surface area contributed by atoms with Crippen LogP contribution < -0.4 is 11.5 Å². The molecule has 4 bridgehead atoms. The minimum absolute atomic E-state index is 0.781.